The van der Waals surface area contributed by atoms with Crippen LogP contribution in [0.5, 0.6) is 11.5 Å². The van der Waals surface area contributed by atoms with E-state index in [1.165, 1.54) is 20.5 Å². The first-order chi connectivity index (χ1) is 15.5. The highest BCUT2D eigenvalue weighted by Crippen LogP contribution is 2.37. The van der Waals surface area contributed by atoms with Crippen molar-refractivity contribution in [2.45, 2.75) is 13.2 Å². The Morgan fingerprint density at radius 1 is 0.875 bits per heavy atom. The maximum atomic E-state index is 12.2. The van der Waals surface area contributed by atoms with Gasteiger partial charge in [0.2, 0.25) is 0 Å². The fourth-order valence-electron chi connectivity index (χ4n) is 3.01. The second-order valence-corrected chi connectivity index (χ2v) is 7.51. The monoisotopic (exact) mass is 472 g/mol. The molecule has 0 aliphatic heterocycles. The third kappa shape index (κ3) is 5.96. The van der Waals surface area contributed by atoms with Crippen LogP contribution in [0.4, 0.5) is 0 Å². The number of ether oxygens (including phenoxy) is 4. The van der Waals surface area contributed by atoms with E-state index in [0.29, 0.717) is 33.7 Å². The van der Waals surface area contributed by atoms with E-state index < -0.39 is 5.97 Å². The molecule has 0 amide bonds. The molecule has 0 fully saturated rings. The topological polar surface area (TPSA) is 54.0 Å². The Morgan fingerprint density at radius 2 is 1.53 bits per heavy atom. The number of carbonyl (C=O) groups is 1. The van der Waals surface area contributed by atoms with E-state index in [0.717, 1.165) is 11.1 Å². The maximum absolute atomic E-state index is 12.2. The van der Waals surface area contributed by atoms with Crippen LogP contribution in [-0.2, 0) is 27.5 Å². The standard InChI is InChI=1S/C25H22Cl2O5/c1-29-16-21(25(28)30-2)20-11-7-6-10-18(20)15-31-19-12-22(26)24(23(27)13-19)32-14-17-8-4-3-5-9-17/h3-13,16H,14-15H2,1-2H3/b21-16+. The van der Waals surface area contributed by atoms with Crippen LogP contribution in [0, 0.1) is 0 Å². The first-order valence-corrected chi connectivity index (χ1v) is 10.5. The molecule has 0 unspecified atom stereocenters. The minimum absolute atomic E-state index is 0.172. The van der Waals surface area contributed by atoms with Crippen molar-refractivity contribution in [3.8, 4) is 11.5 Å². The lowest BCUT2D eigenvalue weighted by Gasteiger charge is -2.15. The number of hydrogen-bond acceptors (Lipinski definition) is 5. The Labute approximate surface area is 197 Å². The van der Waals surface area contributed by atoms with Crippen LogP contribution in [-0.4, -0.2) is 20.2 Å². The highest BCUT2D eigenvalue weighted by molar-refractivity contribution is 6.37. The highest BCUT2D eigenvalue weighted by atomic mass is 35.5. The predicted molar refractivity (Wildman–Crippen MR) is 125 cm³/mol. The van der Waals surface area contributed by atoms with Crippen molar-refractivity contribution in [1.29, 1.82) is 0 Å². The summed E-state index contributed by atoms with van der Waals surface area (Å²) in [5.74, 6) is 0.350. The van der Waals surface area contributed by atoms with Gasteiger partial charge >= 0.3 is 5.97 Å². The van der Waals surface area contributed by atoms with Crippen LogP contribution in [0.15, 0.2) is 73.0 Å². The molecule has 5 nitrogen and oxygen atoms in total. The van der Waals surface area contributed by atoms with Gasteiger partial charge in [-0.05, 0) is 16.7 Å². The molecule has 166 valence electrons. The largest absolute Gasteiger partial charge is 0.503 e. The second-order valence-electron chi connectivity index (χ2n) is 6.69. The van der Waals surface area contributed by atoms with Crippen molar-refractivity contribution in [3.63, 3.8) is 0 Å². The van der Waals surface area contributed by atoms with Crippen LogP contribution < -0.4 is 9.47 Å². The van der Waals surface area contributed by atoms with Gasteiger partial charge in [-0.3, -0.25) is 0 Å². The molecule has 0 heterocycles. The van der Waals surface area contributed by atoms with E-state index in [-0.39, 0.29) is 12.2 Å². The molecule has 0 N–H and O–H groups in total. The maximum Gasteiger partial charge on any atom is 0.341 e. The quantitative estimate of drug-likeness (QED) is 0.207. The summed E-state index contributed by atoms with van der Waals surface area (Å²) in [6.07, 6.45) is 1.34. The van der Waals surface area contributed by atoms with Gasteiger partial charge in [-0.1, -0.05) is 77.8 Å². The molecule has 0 spiro atoms. The Morgan fingerprint density at radius 3 is 2.19 bits per heavy atom. The summed E-state index contributed by atoms with van der Waals surface area (Å²) < 4.78 is 21.6. The van der Waals surface area contributed by atoms with E-state index in [1.54, 1.807) is 18.2 Å². The van der Waals surface area contributed by atoms with E-state index >= 15 is 0 Å². The Hall–Kier alpha value is -3.15. The van der Waals surface area contributed by atoms with Gasteiger partial charge in [-0.15, -0.1) is 0 Å². The van der Waals surface area contributed by atoms with Crippen LogP contribution in [0.3, 0.4) is 0 Å². The van der Waals surface area contributed by atoms with Crippen LogP contribution in [0.2, 0.25) is 10.0 Å². The minimum Gasteiger partial charge on any atom is -0.503 e. The fraction of sp³-hybridized carbons (Fsp3) is 0.160. The smallest absolute Gasteiger partial charge is 0.341 e. The third-order valence-electron chi connectivity index (χ3n) is 4.54. The lowest BCUT2D eigenvalue weighted by Crippen LogP contribution is -2.08. The number of esters is 1. The SMILES string of the molecule is CO/C=C(/C(=O)OC)c1ccccc1COc1cc(Cl)c(OCc2ccccc2)c(Cl)c1. The molecule has 0 atom stereocenters. The summed E-state index contributed by atoms with van der Waals surface area (Å²) in [6.45, 7) is 0.515. The van der Waals surface area contributed by atoms with Crippen LogP contribution >= 0.6 is 23.2 Å². The number of carbonyl (C=O) groups excluding carboxylic acids is 1. The number of benzene rings is 3. The first kappa shape index (κ1) is 23.5. The van der Waals surface area contributed by atoms with Gasteiger partial charge < -0.3 is 18.9 Å². The average Bonchev–Trinajstić information content (AvgIpc) is 2.81. The number of rotatable bonds is 9. The molecule has 0 saturated carbocycles. The molecule has 7 heteroatoms. The zero-order chi connectivity index (χ0) is 22.9. The fourth-order valence-corrected chi connectivity index (χ4v) is 3.58. The second kappa shape index (κ2) is 11.5. The minimum atomic E-state index is -0.509. The van der Waals surface area contributed by atoms with E-state index in [2.05, 4.69) is 0 Å². The molecular weight excluding hydrogens is 451 g/mol. The summed E-state index contributed by atoms with van der Waals surface area (Å²) >= 11 is 12.8. The summed E-state index contributed by atoms with van der Waals surface area (Å²) in [4.78, 5) is 12.2. The zero-order valence-electron chi connectivity index (χ0n) is 17.6. The Balaban J connectivity index is 1.75. The van der Waals surface area contributed by atoms with Gasteiger partial charge in [0.1, 0.15) is 24.5 Å². The molecule has 0 saturated heterocycles. The summed E-state index contributed by atoms with van der Waals surface area (Å²) in [7, 11) is 2.78. The van der Waals surface area contributed by atoms with Gasteiger partial charge in [0.05, 0.1) is 30.5 Å². The molecule has 0 radical (unpaired) electrons. The summed E-state index contributed by atoms with van der Waals surface area (Å²) in [5.41, 5.74) is 2.69. The van der Waals surface area contributed by atoms with E-state index in [1.807, 2.05) is 48.5 Å². The number of halogens is 2. The lowest BCUT2D eigenvalue weighted by atomic mass is 10.0. The molecule has 3 aromatic carbocycles. The van der Waals surface area contributed by atoms with E-state index in [4.69, 9.17) is 42.1 Å². The normalized spacial score (nSPS) is 11.1. The summed E-state index contributed by atoms with van der Waals surface area (Å²) in [6, 6.07) is 20.3. The van der Waals surface area contributed by atoms with Crippen molar-refractivity contribution in [1.82, 2.24) is 0 Å². The lowest BCUT2D eigenvalue weighted by molar-refractivity contribution is -0.133. The molecular formula is C25H22Cl2O5. The van der Waals surface area contributed by atoms with Gasteiger partial charge in [0, 0.05) is 12.1 Å². The molecule has 32 heavy (non-hydrogen) atoms. The third-order valence-corrected chi connectivity index (χ3v) is 5.10. The highest BCUT2D eigenvalue weighted by Gasteiger charge is 2.17. The van der Waals surface area contributed by atoms with Gasteiger partial charge in [-0.25, -0.2) is 4.79 Å². The van der Waals surface area contributed by atoms with Crippen molar-refractivity contribution in [2.75, 3.05) is 14.2 Å². The van der Waals surface area contributed by atoms with Crippen molar-refractivity contribution in [2.24, 2.45) is 0 Å². The molecule has 0 bridgehead atoms. The molecule has 0 aliphatic rings. The van der Waals surface area contributed by atoms with Gasteiger partial charge in [0.15, 0.2) is 5.75 Å². The molecule has 3 aromatic rings. The van der Waals surface area contributed by atoms with Crippen LogP contribution in [0.1, 0.15) is 16.7 Å². The number of hydrogen-bond donors (Lipinski definition) is 0. The van der Waals surface area contributed by atoms with Crippen molar-refractivity contribution >= 4 is 34.7 Å². The van der Waals surface area contributed by atoms with Crippen molar-refractivity contribution in [3.05, 3.63) is 99.7 Å². The average molecular weight is 473 g/mol. The van der Waals surface area contributed by atoms with Gasteiger partial charge in [0.25, 0.3) is 0 Å². The Kier molecular flexibility index (Phi) is 8.42. The molecule has 3 rings (SSSR count). The van der Waals surface area contributed by atoms with E-state index in [9.17, 15) is 4.79 Å². The Bertz CT molecular complexity index is 1070. The first-order valence-electron chi connectivity index (χ1n) is 9.71. The summed E-state index contributed by atoms with van der Waals surface area (Å²) in [5, 5.41) is 0.678. The number of methoxy groups -OCH3 is 2. The van der Waals surface area contributed by atoms with Gasteiger partial charge in [-0.2, -0.15) is 0 Å². The molecule has 0 aromatic heterocycles. The zero-order valence-corrected chi connectivity index (χ0v) is 19.2. The van der Waals surface area contributed by atoms with Crippen molar-refractivity contribution < 1.29 is 23.7 Å². The van der Waals surface area contributed by atoms with Crippen LogP contribution in [0.25, 0.3) is 5.57 Å². The molecule has 0 aliphatic carbocycles. The predicted octanol–water partition coefficient (Wildman–Crippen LogP) is 6.31.